The third-order valence-electron chi connectivity index (χ3n) is 3.65. The van der Waals surface area contributed by atoms with Crippen molar-refractivity contribution in [2.45, 2.75) is 32.6 Å². The minimum absolute atomic E-state index is 0.294. The Labute approximate surface area is 170 Å². The third kappa shape index (κ3) is 7.70. The van der Waals surface area contributed by atoms with Gasteiger partial charge in [-0.2, -0.15) is 0 Å². The van der Waals surface area contributed by atoms with Crippen molar-refractivity contribution in [3.8, 4) is 5.75 Å². The molecule has 1 aromatic carbocycles. The molecule has 142 valence electrons. The second-order valence-electron chi connectivity index (χ2n) is 5.79. The summed E-state index contributed by atoms with van der Waals surface area (Å²) in [4.78, 5) is 14.5. The molecule has 0 saturated heterocycles. The monoisotopic (exact) mass is 438 g/mol. The molecule has 6 heteroatoms. The molecule has 0 spiro atoms. The third-order valence-corrected chi connectivity index (χ3v) is 4.50. The van der Waals surface area contributed by atoms with Crippen LogP contribution in [0.15, 0.2) is 48.0 Å². The maximum Gasteiger partial charge on any atom is 0.261 e. The van der Waals surface area contributed by atoms with E-state index in [2.05, 4.69) is 41.3 Å². The molecule has 0 aliphatic heterocycles. The van der Waals surface area contributed by atoms with E-state index in [1.165, 1.54) is 12.8 Å². The Hall–Kier alpha value is -1.66. The number of hydrogen-bond acceptors (Lipinski definition) is 3. The van der Waals surface area contributed by atoms with E-state index in [0.29, 0.717) is 36.1 Å². The van der Waals surface area contributed by atoms with Gasteiger partial charge in [0.1, 0.15) is 5.75 Å². The van der Waals surface area contributed by atoms with Gasteiger partial charge in [0, 0.05) is 17.6 Å². The first kappa shape index (κ1) is 22.4. The largest absolute Gasteiger partial charge is 0.493 e. The highest BCUT2D eigenvalue weighted by molar-refractivity contribution is 9.10. The second-order valence-corrected chi connectivity index (χ2v) is 7.09. The number of benzene rings is 1. The first-order chi connectivity index (χ1) is 12.5. The lowest BCUT2D eigenvalue weighted by molar-refractivity contribution is 0.0969. The van der Waals surface area contributed by atoms with E-state index in [9.17, 15) is 4.79 Å². The average molecular weight is 439 g/mol. The highest BCUT2D eigenvalue weighted by Gasteiger charge is 2.17. The number of carbonyl (C=O) groups excluding carboxylic acids is 1. The zero-order valence-electron chi connectivity index (χ0n) is 15.3. The fourth-order valence-corrected chi connectivity index (χ4v) is 2.91. The lowest BCUT2D eigenvalue weighted by Crippen LogP contribution is -2.42. The summed E-state index contributed by atoms with van der Waals surface area (Å²) in [7, 11) is 0. The van der Waals surface area contributed by atoms with Crippen LogP contribution in [0.1, 0.15) is 43.0 Å². The predicted molar refractivity (Wildman–Crippen MR) is 116 cm³/mol. The first-order valence-corrected chi connectivity index (χ1v) is 9.98. The molecule has 1 amide bonds. The zero-order valence-corrected chi connectivity index (χ0v) is 17.7. The van der Waals surface area contributed by atoms with Gasteiger partial charge in [0.25, 0.3) is 5.91 Å². The summed E-state index contributed by atoms with van der Waals surface area (Å²) in [5.41, 5.74) is 0.453. The normalized spacial score (nSPS) is 10.1. The van der Waals surface area contributed by atoms with Crippen LogP contribution in [-0.2, 0) is 0 Å². The maximum atomic E-state index is 12.7. The Bertz CT molecular complexity index is 624. The van der Waals surface area contributed by atoms with E-state index in [-0.39, 0.29) is 5.91 Å². The molecule has 0 fully saturated rings. The van der Waals surface area contributed by atoms with Crippen molar-refractivity contribution in [2.75, 3.05) is 19.7 Å². The van der Waals surface area contributed by atoms with Crippen molar-refractivity contribution in [2.24, 2.45) is 0 Å². The number of rotatable bonds is 11. The summed E-state index contributed by atoms with van der Waals surface area (Å²) in [5.74, 6) is 0.266. The van der Waals surface area contributed by atoms with Crippen molar-refractivity contribution in [3.05, 3.63) is 53.5 Å². The van der Waals surface area contributed by atoms with Crippen molar-refractivity contribution in [3.63, 3.8) is 0 Å². The van der Waals surface area contributed by atoms with Crippen molar-refractivity contribution < 1.29 is 9.53 Å². The SMILES string of the molecule is C=CCN(CC=C)C(=S)NC(=O)c1cc(Br)ccc1OCCCCCC. The molecular formula is C20H27BrN2O2S. The van der Waals surface area contributed by atoms with Crippen molar-refractivity contribution in [1.29, 1.82) is 0 Å². The number of nitrogens with zero attached hydrogens (tertiary/aromatic N) is 1. The Morgan fingerprint density at radius 1 is 1.27 bits per heavy atom. The molecule has 1 rings (SSSR count). The lowest BCUT2D eigenvalue weighted by Gasteiger charge is -2.22. The Morgan fingerprint density at radius 3 is 2.58 bits per heavy atom. The minimum Gasteiger partial charge on any atom is -0.493 e. The number of unbranched alkanes of at least 4 members (excludes halogenated alkanes) is 3. The summed E-state index contributed by atoms with van der Waals surface area (Å²) in [6.45, 7) is 11.2. The van der Waals surface area contributed by atoms with E-state index >= 15 is 0 Å². The molecule has 4 nitrogen and oxygen atoms in total. The van der Waals surface area contributed by atoms with Crippen molar-refractivity contribution in [1.82, 2.24) is 10.2 Å². The smallest absolute Gasteiger partial charge is 0.261 e. The van der Waals surface area contributed by atoms with Gasteiger partial charge < -0.3 is 9.64 Å². The van der Waals surface area contributed by atoms with Crippen LogP contribution in [0.3, 0.4) is 0 Å². The molecule has 26 heavy (non-hydrogen) atoms. The predicted octanol–water partition coefficient (Wildman–Crippen LogP) is 5.10. The Morgan fingerprint density at radius 2 is 1.96 bits per heavy atom. The van der Waals surface area contributed by atoms with Crippen LogP contribution in [0.5, 0.6) is 5.75 Å². The van der Waals surface area contributed by atoms with Crippen LogP contribution >= 0.6 is 28.1 Å². The molecule has 0 radical (unpaired) electrons. The Balaban J connectivity index is 2.79. The molecule has 1 aromatic rings. The number of halogens is 1. The maximum absolute atomic E-state index is 12.7. The van der Waals surface area contributed by atoms with E-state index in [4.69, 9.17) is 17.0 Å². The number of nitrogens with one attached hydrogen (secondary N) is 1. The fourth-order valence-electron chi connectivity index (χ4n) is 2.31. The minimum atomic E-state index is -0.294. The summed E-state index contributed by atoms with van der Waals surface area (Å²) >= 11 is 8.75. The van der Waals surface area contributed by atoms with E-state index in [1.807, 2.05) is 6.07 Å². The van der Waals surface area contributed by atoms with Gasteiger partial charge in [0.05, 0.1) is 12.2 Å². The number of carbonyl (C=O) groups is 1. The summed E-state index contributed by atoms with van der Waals surface area (Å²) in [6.07, 6.45) is 7.91. The number of hydrogen-bond donors (Lipinski definition) is 1. The molecule has 0 unspecified atom stereocenters. The van der Waals surface area contributed by atoms with Crippen LogP contribution in [0.25, 0.3) is 0 Å². The van der Waals surface area contributed by atoms with E-state index in [0.717, 1.165) is 17.3 Å². The molecule has 0 aliphatic rings. The highest BCUT2D eigenvalue weighted by atomic mass is 79.9. The topological polar surface area (TPSA) is 41.6 Å². The van der Waals surface area contributed by atoms with Gasteiger partial charge in [-0.05, 0) is 36.8 Å². The standard InChI is InChI=1S/C20H27BrN2O2S/c1-4-7-8-9-14-25-18-11-10-16(21)15-17(18)19(24)22-20(26)23(12-5-2)13-6-3/h5-6,10-11,15H,2-4,7-9,12-14H2,1H3,(H,22,24,26). The van der Waals surface area contributed by atoms with Crippen LogP contribution in [0.4, 0.5) is 0 Å². The van der Waals surface area contributed by atoms with E-state index in [1.54, 1.807) is 29.2 Å². The van der Waals surface area contributed by atoms with Crippen molar-refractivity contribution >= 4 is 39.2 Å². The average Bonchev–Trinajstić information content (AvgIpc) is 2.62. The second kappa shape index (κ2) is 12.7. The van der Waals surface area contributed by atoms with Crippen LogP contribution < -0.4 is 10.1 Å². The zero-order chi connectivity index (χ0) is 19.4. The molecule has 1 N–H and O–H groups in total. The molecule has 0 bridgehead atoms. The number of thiocarbonyl (C=S) groups is 1. The number of amides is 1. The Kier molecular flexibility index (Phi) is 10.9. The van der Waals surface area contributed by atoms with Gasteiger partial charge >= 0.3 is 0 Å². The molecule has 0 aliphatic carbocycles. The van der Waals surface area contributed by atoms with Crippen LogP contribution in [0.2, 0.25) is 0 Å². The highest BCUT2D eigenvalue weighted by Crippen LogP contribution is 2.23. The fraction of sp³-hybridized carbons (Fsp3) is 0.400. The van der Waals surface area contributed by atoms with Crippen LogP contribution in [0, 0.1) is 0 Å². The van der Waals surface area contributed by atoms with E-state index < -0.39 is 0 Å². The van der Waals surface area contributed by atoms with Gasteiger partial charge in [-0.15, -0.1) is 13.2 Å². The quantitative estimate of drug-likeness (QED) is 0.296. The number of ether oxygens (including phenoxy) is 1. The summed E-state index contributed by atoms with van der Waals surface area (Å²) in [6, 6.07) is 5.40. The molecule has 0 saturated carbocycles. The van der Waals surface area contributed by atoms with Gasteiger partial charge in [-0.3, -0.25) is 10.1 Å². The molecule has 0 atom stereocenters. The van der Waals surface area contributed by atoms with Gasteiger partial charge in [-0.1, -0.05) is 54.3 Å². The van der Waals surface area contributed by atoms with Gasteiger partial charge in [-0.25, -0.2) is 0 Å². The summed E-state index contributed by atoms with van der Waals surface area (Å²) < 4.78 is 6.63. The first-order valence-electron chi connectivity index (χ1n) is 8.77. The summed E-state index contributed by atoms with van der Waals surface area (Å²) in [5, 5.41) is 3.10. The van der Waals surface area contributed by atoms with Gasteiger partial charge in [0.2, 0.25) is 0 Å². The lowest BCUT2D eigenvalue weighted by atomic mass is 10.2. The van der Waals surface area contributed by atoms with Gasteiger partial charge in [0.15, 0.2) is 5.11 Å². The molecule has 0 aromatic heterocycles. The molecular weight excluding hydrogens is 412 g/mol. The van der Waals surface area contributed by atoms with Crippen LogP contribution in [-0.4, -0.2) is 35.6 Å². The molecule has 0 heterocycles.